The molecule has 0 unspecified atom stereocenters. The summed E-state index contributed by atoms with van der Waals surface area (Å²) >= 11 is 0. The standard InChI is InChI=1S/C21H14F6N4O5/c1-34-15-8-12(36-21(25,26)27)2-3-14(15)35-16-6-10(20(22,23)24)9-30-17(16)19(33)31-11-4-5-29-13(7-11)18(28)32/h2-9H,1H3,(H2,28,32)(H,29,31,33)/i1D3. The van der Waals surface area contributed by atoms with E-state index in [-0.39, 0.29) is 11.4 Å². The molecule has 2 heterocycles. The van der Waals surface area contributed by atoms with Gasteiger partial charge in [-0.25, -0.2) is 4.98 Å². The molecule has 1 aromatic carbocycles. The van der Waals surface area contributed by atoms with Crippen LogP contribution < -0.4 is 25.3 Å². The number of benzene rings is 1. The molecule has 3 rings (SSSR count). The number of methoxy groups -OCH3 is 1. The third-order valence-corrected chi connectivity index (χ3v) is 4.14. The fraction of sp³-hybridized carbons (Fsp3) is 0.143. The summed E-state index contributed by atoms with van der Waals surface area (Å²) in [5.41, 5.74) is 2.65. The number of ether oxygens (including phenoxy) is 3. The molecule has 0 fully saturated rings. The number of carbonyl (C=O) groups is 2. The Morgan fingerprint density at radius 2 is 1.75 bits per heavy atom. The highest BCUT2D eigenvalue weighted by Crippen LogP contribution is 2.39. The van der Waals surface area contributed by atoms with Gasteiger partial charge in [0.25, 0.3) is 11.8 Å². The predicted octanol–water partition coefficient (Wildman–Crippen LogP) is 4.55. The third-order valence-electron chi connectivity index (χ3n) is 4.14. The SMILES string of the molecule is [2H]C([2H])([2H])Oc1cc(OC(F)(F)F)ccc1Oc1cc(C(F)(F)F)cnc1C(=O)Nc1ccnc(C(N)=O)c1. The minimum Gasteiger partial charge on any atom is -0.493 e. The Balaban J connectivity index is 2.06. The molecule has 0 atom stereocenters. The van der Waals surface area contributed by atoms with E-state index in [1.807, 2.05) is 0 Å². The van der Waals surface area contributed by atoms with Crippen LogP contribution in [0.4, 0.5) is 32.0 Å². The number of aromatic nitrogens is 2. The molecule has 2 amide bonds. The van der Waals surface area contributed by atoms with Crippen molar-refractivity contribution in [3.8, 4) is 23.0 Å². The van der Waals surface area contributed by atoms with Crippen molar-refractivity contribution in [2.75, 3.05) is 12.4 Å². The molecule has 36 heavy (non-hydrogen) atoms. The second kappa shape index (κ2) is 9.97. The van der Waals surface area contributed by atoms with Gasteiger partial charge in [0.1, 0.15) is 11.4 Å². The van der Waals surface area contributed by atoms with Crippen LogP contribution in [-0.2, 0) is 6.18 Å². The monoisotopic (exact) mass is 519 g/mol. The van der Waals surface area contributed by atoms with Crippen LogP contribution in [0.5, 0.6) is 23.0 Å². The summed E-state index contributed by atoms with van der Waals surface area (Å²) in [6.07, 6.45) is -8.72. The molecule has 0 aliphatic rings. The van der Waals surface area contributed by atoms with E-state index in [9.17, 15) is 35.9 Å². The number of halogens is 6. The molecular formula is C21H14F6N4O5. The maximum Gasteiger partial charge on any atom is 0.573 e. The third kappa shape index (κ3) is 6.52. The summed E-state index contributed by atoms with van der Waals surface area (Å²) in [6.45, 7) is 0. The van der Waals surface area contributed by atoms with Crippen molar-refractivity contribution in [2.24, 2.45) is 5.73 Å². The van der Waals surface area contributed by atoms with Crippen LogP contribution in [0, 0.1) is 0 Å². The zero-order chi connectivity index (χ0) is 29.2. The highest BCUT2D eigenvalue weighted by molar-refractivity contribution is 6.05. The van der Waals surface area contributed by atoms with Gasteiger partial charge in [-0.1, -0.05) is 0 Å². The Bertz CT molecular complexity index is 1400. The van der Waals surface area contributed by atoms with Gasteiger partial charge in [0, 0.05) is 24.1 Å². The minimum atomic E-state index is -5.17. The molecule has 2 aromatic heterocycles. The average Bonchev–Trinajstić information content (AvgIpc) is 2.78. The number of rotatable bonds is 7. The molecule has 0 bridgehead atoms. The number of carbonyl (C=O) groups excluding carboxylic acids is 2. The van der Waals surface area contributed by atoms with Gasteiger partial charge >= 0.3 is 12.5 Å². The van der Waals surface area contributed by atoms with Crippen LogP contribution in [0.15, 0.2) is 48.8 Å². The van der Waals surface area contributed by atoms with Crippen molar-refractivity contribution < 1.29 is 54.3 Å². The van der Waals surface area contributed by atoms with E-state index in [1.165, 1.54) is 6.07 Å². The van der Waals surface area contributed by atoms with E-state index in [0.717, 1.165) is 12.3 Å². The molecule has 3 aromatic rings. The number of pyridine rings is 2. The van der Waals surface area contributed by atoms with Gasteiger partial charge in [0.2, 0.25) is 0 Å². The van der Waals surface area contributed by atoms with Crippen molar-refractivity contribution in [3.05, 3.63) is 65.7 Å². The summed E-state index contributed by atoms with van der Waals surface area (Å²) in [4.78, 5) is 31.3. The summed E-state index contributed by atoms with van der Waals surface area (Å²) in [7, 11) is -3.24. The van der Waals surface area contributed by atoms with Gasteiger partial charge < -0.3 is 25.3 Å². The lowest BCUT2D eigenvalue weighted by Crippen LogP contribution is -2.18. The number of nitrogens with two attached hydrogens (primary N) is 1. The average molecular weight is 519 g/mol. The van der Waals surface area contributed by atoms with Gasteiger partial charge in [0.05, 0.1) is 16.7 Å². The first kappa shape index (κ1) is 21.9. The maximum absolute atomic E-state index is 13.3. The first-order chi connectivity index (χ1) is 17.9. The first-order valence-electron chi connectivity index (χ1n) is 10.8. The zero-order valence-electron chi connectivity index (χ0n) is 20.4. The van der Waals surface area contributed by atoms with E-state index in [1.54, 1.807) is 0 Å². The lowest BCUT2D eigenvalue weighted by Gasteiger charge is -2.16. The Morgan fingerprint density at radius 3 is 2.39 bits per heavy atom. The lowest BCUT2D eigenvalue weighted by atomic mass is 10.2. The predicted molar refractivity (Wildman–Crippen MR) is 110 cm³/mol. The molecule has 0 radical (unpaired) electrons. The topological polar surface area (TPSA) is 126 Å². The molecule has 3 N–H and O–H groups in total. The number of amides is 2. The van der Waals surface area contributed by atoms with Gasteiger partial charge in [-0.3, -0.25) is 14.6 Å². The van der Waals surface area contributed by atoms with E-state index in [4.69, 9.17) is 14.6 Å². The molecule has 0 aliphatic carbocycles. The second-order valence-electron chi connectivity index (χ2n) is 6.68. The van der Waals surface area contributed by atoms with Crippen LogP contribution in [0.3, 0.4) is 0 Å². The van der Waals surface area contributed by atoms with Crippen molar-refractivity contribution in [1.82, 2.24) is 9.97 Å². The molecular weight excluding hydrogens is 502 g/mol. The van der Waals surface area contributed by atoms with Gasteiger partial charge in [-0.2, -0.15) is 13.2 Å². The number of hydrogen-bond acceptors (Lipinski definition) is 7. The van der Waals surface area contributed by atoms with Crippen LogP contribution in [0.25, 0.3) is 0 Å². The Hall–Kier alpha value is -4.56. The van der Waals surface area contributed by atoms with Crippen LogP contribution in [0.1, 0.15) is 30.7 Å². The number of anilines is 1. The fourth-order valence-corrected chi connectivity index (χ4v) is 2.65. The largest absolute Gasteiger partial charge is 0.573 e. The first-order valence-corrected chi connectivity index (χ1v) is 9.32. The van der Waals surface area contributed by atoms with Crippen LogP contribution in [-0.4, -0.2) is 35.2 Å². The number of alkyl halides is 6. The zero-order valence-corrected chi connectivity index (χ0v) is 17.4. The number of primary amides is 1. The molecule has 190 valence electrons. The minimum absolute atomic E-state index is 0.0588. The Kier molecular flexibility index (Phi) is 6.08. The maximum atomic E-state index is 13.3. The second-order valence-corrected chi connectivity index (χ2v) is 6.68. The van der Waals surface area contributed by atoms with Crippen molar-refractivity contribution in [3.63, 3.8) is 0 Å². The summed E-state index contributed by atoms with van der Waals surface area (Å²) < 4.78 is 113. The van der Waals surface area contributed by atoms with E-state index < -0.39 is 65.6 Å². The van der Waals surface area contributed by atoms with Gasteiger partial charge in [0.15, 0.2) is 22.9 Å². The smallest absolute Gasteiger partial charge is 0.493 e. The van der Waals surface area contributed by atoms with Crippen LogP contribution in [0.2, 0.25) is 0 Å². The summed E-state index contributed by atoms with van der Waals surface area (Å²) in [5.74, 6) is -5.50. The fourth-order valence-electron chi connectivity index (χ4n) is 2.65. The number of nitrogens with zero attached hydrogens (tertiary/aromatic N) is 2. The van der Waals surface area contributed by atoms with Crippen LogP contribution >= 0.6 is 0 Å². The van der Waals surface area contributed by atoms with Crippen molar-refractivity contribution in [2.45, 2.75) is 12.5 Å². The summed E-state index contributed by atoms with van der Waals surface area (Å²) in [5, 5.41) is 2.25. The highest BCUT2D eigenvalue weighted by Gasteiger charge is 2.34. The van der Waals surface area contributed by atoms with E-state index in [2.05, 4.69) is 24.8 Å². The van der Waals surface area contributed by atoms with E-state index >= 15 is 0 Å². The lowest BCUT2D eigenvalue weighted by molar-refractivity contribution is -0.274. The molecule has 15 heteroatoms. The number of nitrogens with one attached hydrogen (secondary N) is 1. The molecule has 0 aliphatic heterocycles. The molecule has 0 saturated heterocycles. The van der Waals surface area contributed by atoms with Crippen molar-refractivity contribution in [1.29, 1.82) is 0 Å². The molecule has 0 saturated carbocycles. The van der Waals surface area contributed by atoms with Crippen molar-refractivity contribution >= 4 is 17.5 Å². The molecule has 9 nitrogen and oxygen atoms in total. The normalized spacial score (nSPS) is 13.1. The molecule has 0 spiro atoms. The van der Waals surface area contributed by atoms with Gasteiger partial charge in [-0.05, 0) is 30.3 Å². The summed E-state index contributed by atoms with van der Waals surface area (Å²) in [6, 6.07) is 4.48. The van der Waals surface area contributed by atoms with E-state index in [0.29, 0.717) is 30.5 Å². The highest BCUT2D eigenvalue weighted by atomic mass is 19.4. The van der Waals surface area contributed by atoms with Gasteiger partial charge in [-0.15, -0.1) is 13.2 Å². The quantitative estimate of drug-likeness (QED) is 0.439. The Labute approximate surface area is 202 Å². The Morgan fingerprint density at radius 1 is 1.00 bits per heavy atom. The number of hydrogen-bond donors (Lipinski definition) is 2.